The summed E-state index contributed by atoms with van der Waals surface area (Å²) in [5.74, 6) is 1.35. The van der Waals surface area contributed by atoms with Crippen molar-refractivity contribution < 1.29 is 9.53 Å². The number of benzene rings is 1. The molecule has 0 N–H and O–H groups in total. The van der Waals surface area contributed by atoms with E-state index in [4.69, 9.17) is 4.74 Å². The maximum absolute atomic E-state index is 13.0. The molecule has 1 heterocycles. The van der Waals surface area contributed by atoms with Gasteiger partial charge in [-0.25, -0.2) is 9.98 Å². The summed E-state index contributed by atoms with van der Waals surface area (Å²) in [5.41, 5.74) is 2.33. The summed E-state index contributed by atoms with van der Waals surface area (Å²) in [4.78, 5) is 23.4. The van der Waals surface area contributed by atoms with E-state index in [0.29, 0.717) is 17.8 Å². The number of amidine groups is 1. The van der Waals surface area contributed by atoms with E-state index in [2.05, 4.69) is 30.5 Å². The van der Waals surface area contributed by atoms with Crippen molar-refractivity contribution in [3.8, 4) is 5.75 Å². The van der Waals surface area contributed by atoms with Gasteiger partial charge in [0.05, 0.1) is 12.8 Å². The molecule has 0 aliphatic carbocycles. The van der Waals surface area contributed by atoms with Gasteiger partial charge in [0, 0.05) is 30.6 Å². The fourth-order valence-electron chi connectivity index (χ4n) is 2.75. The van der Waals surface area contributed by atoms with Crippen LogP contribution < -0.4 is 4.74 Å². The van der Waals surface area contributed by atoms with Gasteiger partial charge in [-0.1, -0.05) is 13.8 Å². The molecule has 1 amide bonds. The van der Waals surface area contributed by atoms with Crippen LogP contribution in [0.5, 0.6) is 5.75 Å². The van der Waals surface area contributed by atoms with Gasteiger partial charge >= 0.3 is 0 Å². The lowest BCUT2D eigenvalue weighted by atomic mass is 10.1. The van der Waals surface area contributed by atoms with Crippen molar-refractivity contribution in [3.63, 3.8) is 0 Å². The molecule has 5 heteroatoms. The van der Waals surface area contributed by atoms with Gasteiger partial charge in [-0.3, -0.25) is 4.79 Å². The van der Waals surface area contributed by atoms with E-state index in [1.54, 1.807) is 7.11 Å². The molecule has 0 spiro atoms. The largest absolute Gasteiger partial charge is 0.497 e. The first kappa shape index (κ1) is 17.9. The smallest absolute Gasteiger partial charge is 0.250 e. The molecule has 0 saturated carbocycles. The lowest BCUT2D eigenvalue weighted by Gasteiger charge is -2.22. The molecule has 1 aromatic rings. The molecule has 5 nitrogen and oxygen atoms in total. The molecular weight excluding hydrogens is 302 g/mol. The van der Waals surface area contributed by atoms with Crippen LogP contribution in [0.25, 0.3) is 6.08 Å². The first-order valence-corrected chi connectivity index (χ1v) is 8.35. The number of amides is 1. The first-order valence-electron chi connectivity index (χ1n) is 8.35. The maximum Gasteiger partial charge on any atom is 0.250 e. The zero-order valence-electron chi connectivity index (χ0n) is 14.7. The summed E-state index contributed by atoms with van der Waals surface area (Å²) in [6.07, 6.45) is 4.16. The zero-order valence-corrected chi connectivity index (χ0v) is 14.7. The van der Waals surface area contributed by atoms with E-state index < -0.39 is 0 Å². The monoisotopic (exact) mass is 327 g/mol. The van der Waals surface area contributed by atoms with Gasteiger partial charge in [-0.05, 0) is 43.8 Å². The Labute approximate surface area is 143 Å². The Kier molecular flexibility index (Phi) is 6.29. The van der Waals surface area contributed by atoms with Crippen LogP contribution in [0.4, 0.5) is 5.69 Å². The minimum atomic E-state index is 0.0470. The Balaban J connectivity index is 2.44. The van der Waals surface area contributed by atoms with E-state index >= 15 is 0 Å². The summed E-state index contributed by atoms with van der Waals surface area (Å²) in [6.45, 7) is 9.25. The van der Waals surface area contributed by atoms with Crippen molar-refractivity contribution in [1.29, 1.82) is 0 Å². The van der Waals surface area contributed by atoms with E-state index in [1.165, 1.54) is 0 Å². The highest BCUT2D eigenvalue weighted by Crippen LogP contribution is 2.31. The van der Waals surface area contributed by atoms with E-state index in [9.17, 15) is 4.79 Å². The lowest BCUT2D eigenvalue weighted by molar-refractivity contribution is -0.127. The number of ether oxygens (including phenoxy) is 1. The van der Waals surface area contributed by atoms with Gasteiger partial charge in [0.2, 0.25) is 5.91 Å². The minimum absolute atomic E-state index is 0.0470. The Morgan fingerprint density at radius 2 is 2.04 bits per heavy atom. The topological polar surface area (TPSA) is 54.3 Å². The van der Waals surface area contributed by atoms with Crippen LogP contribution in [0.3, 0.4) is 0 Å². The molecule has 128 valence electrons. The molecule has 24 heavy (non-hydrogen) atoms. The number of nitrogens with zero attached hydrogens (tertiary/aromatic N) is 3. The second-order valence-corrected chi connectivity index (χ2v) is 5.75. The Morgan fingerprint density at radius 3 is 2.62 bits per heavy atom. The van der Waals surface area contributed by atoms with Crippen molar-refractivity contribution in [2.45, 2.75) is 33.1 Å². The molecule has 0 aromatic heterocycles. The van der Waals surface area contributed by atoms with Gasteiger partial charge in [-0.15, -0.1) is 0 Å². The molecule has 0 atom stereocenters. The normalized spacial score (nSPS) is 13.3. The third-order valence-corrected chi connectivity index (χ3v) is 3.89. The molecule has 0 saturated heterocycles. The summed E-state index contributed by atoms with van der Waals surface area (Å²) in [7, 11) is 1.62. The summed E-state index contributed by atoms with van der Waals surface area (Å²) < 4.78 is 5.29. The number of hydrogen-bond acceptors (Lipinski definition) is 4. The molecule has 0 unspecified atom stereocenters. The van der Waals surface area contributed by atoms with Crippen molar-refractivity contribution >= 4 is 30.2 Å². The summed E-state index contributed by atoms with van der Waals surface area (Å²) in [5, 5.41) is 0. The van der Waals surface area contributed by atoms with Crippen LogP contribution in [0.1, 0.15) is 38.7 Å². The Morgan fingerprint density at radius 1 is 1.33 bits per heavy atom. The van der Waals surface area contributed by atoms with Gasteiger partial charge in [0.1, 0.15) is 11.6 Å². The van der Waals surface area contributed by atoms with Gasteiger partial charge in [0.25, 0.3) is 0 Å². The van der Waals surface area contributed by atoms with Gasteiger partial charge in [0.15, 0.2) is 0 Å². The molecule has 1 aliphatic heterocycles. The quantitative estimate of drug-likeness (QED) is 0.745. The van der Waals surface area contributed by atoms with Crippen molar-refractivity contribution in [2.75, 3.05) is 20.2 Å². The van der Waals surface area contributed by atoms with E-state index in [0.717, 1.165) is 42.9 Å². The molecule has 0 bridgehead atoms. The minimum Gasteiger partial charge on any atom is -0.497 e. The van der Waals surface area contributed by atoms with Crippen molar-refractivity contribution in [2.24, 2.45) is 9.98 Å². The van der Waals surface area contributed by atoms with Crippen molar-refractivity contribution in [1.82, 2.24) is 4.90 Å². The molecule has 1 aliphatic rings. The number of rotatable bonds is 6. The van der Waals surface area contributed by atoms with Crippen LogP contribution in [-0.2, 0) is 4.79 Å². The average Bonchev–Trinajstić information content (AvgIpc) is 2.79. The SMILES string of the molecule is C=NC1=Nc2ccc(OC)cc2C=C(C(=O)N(CCC)CCC)C1. The average molecular weight is 327 g/mol. The first-order chi connectivity index (χ1) is 11.6. The van der Waals surface area contributed by atoms with Crippen LogP contribution in [0, 0.1) is 0 Å². The fourth-order valence-corrected chi connectivity index (χ4v) is 2.75. The number of carbonyl (C=O) groups is 1. The predicted molar refractivity (Wildman–Crippen MR) is 99.4 cm³/mol. The third kappa shape index (κ3) is 4.10. The fraction of sp³-hybridized carbons (Fsp3) is 0.421. The number of aliphatic imine (C=N–C) groups is 2. The number of methoxy groups -OCH3 is 1. The van der Waals surface area contributed by atoms with Gasteiger partial charge < -0.3 is 9.64 Å². The highest BCUT2D eigenvalue weighted by Gasteiger charge is 2.21. The number of hydrogen-bond donors (Lipinski definition) is 0. The predicted octanol–water partition coefficient (Wildman–Crippen LogP) is 3.86. The standard InChI is InChI=1S/C19H25N3O2/c1-5-9-22(10-6-2)19(23)15-11-14-12-16(24-4)7-8-17(14)21-18(13-15)20-3/h7-8,11-12H,3,5-6,9-10,13H2,1-2,4H3. The number of carbonyl (C=O) groups excluding carboxylic acids is 1. The van der Waals surface area contributed by atoms with E-state index in [-0.39, 0.29) is 5.91 Å². The number of fused-ring (bicyclic) bond motifs is 1. The lowest BCUT2D eigenvalue weighted by Crippen LogP contribution is -2.34. The highest BCUT2D eigenvalue weighted by atomic mass is 16.5. The van der Waals surface area contributed by atoms with E-state index in [1.807, 2.05) is 29.2 Å². The molecule has 0 radical (unpaired) electrons. The van der Waals surface area contributed by atoms with Crippen LogP contribution in [0.15, 0.2) is 33.8 Å². The highest BCUT2D eigenvalue weighted by molar-refractivity contribution is 6.06. The zero-order chi connectivity index (χ0) is 17.5. The van der Waals surface area contributed by atoms with Crippen molar-refractivity contribution in [3.05, 3.63) is 29.3 Å². The third-order valence-electron chi connectivity index (χ3n) is 3.89. The van der Waals surface area contributed by atoms with Gasteiger partial charge in [-0.2, -0.15) is 0 Å². The second-order valence-electron chi connectivity index (χ2n) is 5.75. The molecule has 0 fully saturated rings. The molecular formula is C19H25N3O2. The molecule has 1 aromatic carbocycles. The van der Waals surface area contributed by atoms with Crippen LogP contribution in [0.2, 0.25) is 0 Å². The summed E-state index contributed by atoms with van der Waals surface area (Å²) >= 11 is 0. The summed E-state index contributed by atoms with van der Waals surface area (Å²) in [6, 6.07) is 5.62. The van der Waals surface area contributed by atoms with Crippen LogP contribution in [-0.4, -0.2) is 43.6 Å². The maximum atomic E-state index is 13.0. The molecule has 2 rings (SSSR count). The van der Waals surface area contributed by atoms with Crippen LogP contribution >= 0.6 is 0 Å². The second kappa shape index (κ2) is 8.43. The Bertz CT molecular complexity index is 671. The Hall–Kier alpha value is -2.43.